The number of methoxy groups -OCH3 is 1. The molecular weight excluding hydrogens is 292 g/mol. The summed E-state index contributed by atoms with van der Waals surface area (Å²) in [5.74, 6) is -0.759. The Morgan fingerprint density at radius 1 is 1.32 bits per heavy atom. The average Bonchev–Trinajstić information content (AvgIpc) is 2.52. The van der Waals surface area contributed by atoms with Crippen molar-refractivity contribution in [1.29, 1.82) is 0 Å². The zero-order valence-electron chi connectivity index (χ0n) is 12.4. The molecule has 1 rings (SSSR count). The quantitative estimate of drug-likeness (QED) is 0.464. The number of carbonyl (C=O) groups excluding carboxylic acids is 2. The molecule has 0 bridgehead atoms. The highest BCUT2D eigenvalue weighted by molar-refractivity contribution is 5.81. The van der Waals surface area contributed by atoms with Gasteiger partial charge in [-0.25, -0.2) is 9.59 Å². The predicted octanol–water partition coefficient (Wildman–Crippen LogP) is 1.51. The van der Waals surface area contributed by atoms with Crippen molar-refractivity contribution in [3.05, 3.63) is 46.0 Å². The van der Waals surface area contributed by atoms with Gasteiger partial charge in [-0.15, -0.1) is 0 Å². The van der Waals surface area contributed by atoms with Gasteiger partial charge in [-0.05, 0) is 5.56 Å². The third kappa shape index (κ3) is 5.78. The van der Waals surface area contributed by atoms with Crippen LogP contribution in [0.4, 0.5) is 4.79 Å². The van der Waals surface area contributed by atoms with Crippen molar-refractivity contribution >= 4 is 12.1 Å². The maximum absolute atomic E-state index is 11.7. The lowest BCUT2D eigenvalue weighted by Gasteiger charge is -2.16. The fraction of sp³-hybridized carbons (Fsp3) is 0.429. The van der Waals surface area contributed by atoms with Crippen molar-refractivity contribution in [1.82, 2.24) is 5.32 Å². The Morgan fingerprint density at radius 2 is 1.95 bits per heavy atom. The first-order valence-corrected chi connectivity index (χ1v) is 6.62. The van der Waals surface area contributed by atoms with Gasteiger partial charge in [0.1, 0.15) is 12.6 Å². The van der Waals surface area contributed by atoms with Crippen LogP contribution in [0.25, 0.3) is 0 Å². The van der Waals surface area contributed by atoms with E-state index in [0.29, 0.717) is 0 Å². The molecule has 8 nitrogen and oxygen atoms in total. The third-order valence-electron chi connectivity index (χ3n) is 2.93. The van der Waals surface area contributed by atoms with Crippen LogP contribution in [0.2, 0.25) is 0 Å². The lowest BCUT2D eigenvalue weighted by molar-refractivity contribution is -0.519. The first kappa shape index (κ1) is 17.4. The van der Waals surface area contributed by atoms with Crippen LogP contribution < -0.4 is 5.32 Å². The van der Waals surface area contributed by atoms with E-state index >= 15 is 0 Å². The SMILES string of the molecule is COC(=O)[C@@H](C[C@@H](C)[N+](=O)[O-])NC(=O)OCc1ccccc1. The summed E-state index contributed by atoms with van der Waals surface area (Å²) in [6.07, 6.45) is -1.02. The standard InChI is InChI=1S/C14H18N2O6/c1-10(16(19)20)8-12(13(17)21-2)15-14(18)22-9-11-6-4-3-5-7-11/h3-7,10,12H,8-9H2,1-2H3,(H,15,18)/t10-,12-/m1/s1. The number of esters is 1. The maximum atomic E-state index is 11.7. The Hall–Kier alpha value is -2.64. The van der Waals surface area contributed by atoms with Crippen molar-refractivity contribution in [2.24, 2.45) is 0 Å². The van der Waals surface area contributed by atoms with Crippen LogP contribution in [0.3, 0.4) is 0 Å². The highest BCUT2D eigenvalue weighted by Gasteiger charge is 2.28. The molecule has 0 spiro atoms. The first-order chi connectivity index (χ1) is 10.4. The molecule has 0 aliphatic heterocycles. The molecule has 0 aliphatic carbocycles. The van der Waals surface area contributed by atoms with Crippen LogP contribution in [0.15, 0.2) is 30.3 Å². The van der Waals surface area contributed by atoms with E-state index in [0.717, 1.165) is 12.7 Å². The average molecular weight is 310 g/mol. The van der Waals surface area contributed by atoms with Gasteiger partial charge < -0.3 is 14.8 Å². The molecule has 1 aromatic rings. The number of rotatable bonds is 7. The predicted molar refractivity (Wildman–Crippen MR) is 76.6 cm³/mol. The van der Waals surface area contributed by atoms with Gasteiger partial charge in [0.25, 0.3) is 0 Å². The molecule has 0 aromatic heterocycles. The highest BCUT2D eigenvalue weighted by Crippen LogP contribution is 2.05. The second kappa shape index (κ2) is 8.60. The second-order valence-corrected chi connectivity index (χ2v) is 4.65. The molecule has 120 valence electrons. The maximum Gasteiger partial charge on any atom is 0.408 e. The van der Waals surface area contributed by atoms with E-state index < -0.39 is 29.1 Å². The summed E-state index contributed by atoms with van der Waals surface area (Å²) < 4.78 is 9.49. The van der Waals surface area contributed by atoms with Gasteiger partial charge >= 0.3 is 12.1 Å². The van der Waals surface area contributed by atoms with E-state index in [1.54, 1.807) is 24.3 Å². The van der Waals surface area contributed by atoms with Gasteiger partial charge in [0, 0.05) is 18.3 Å². The van der Waals surface area contributed by atoms with E-state index in [1.165, 1.54) is 6.92 Å². The summed E-state index contributed by atoms with van der Waals surface area (Å²) in [5.41, 5.74) is 0.783. The van der Waals surface area contributed by atoms with Crippen molar-refractivity contribution in [2.45, 2.75) is 32.0 Å². The van der Waals surface area contributed by atoms with Crippen LogP contribution >= 0.6 is 0 Å². The van der Waals surface area contributed by atoms with Crippen LogP contribution in [-0.4, -0.2) is 36.2 Å². The summed E-state index contributed by atoms with van der Waals surface area (Å²) in [5, 5.41) is 12.9. The zero-order valence-corrected chi connectivity index (χ0v) is 12.4. The molecule has 0 unspecified atom stereocenters. The number of hydrogen-bond donors (Lipinski definition) is 1. The number of ether oxygens (including phenoxy) is 2. The first-order valence-electron chi connectivity index (χ1n) is 6.62. The second-order valence-electron chi connectivity index (χ2n) is 4.65. The largest absolute Gasteiger partial charge is 0.467 e. The van der Waals surface area contributed by atoms with Crippen molar-refractivity contribution in [2.75, 3.05) is 7.11 Å². The molecule has 8 heteroatoms. The minimum Gasteiger partial charge on any atom is -0.467 e. The lowest BCUT2D eigenvalue weighted by atomic mass is 10.1. The Kier molecular flexibility index (Phi) is 6.81. The van der Waals surface area contributed by atoms with Gasteiger partial charge in [0.2, 0.25) is 6.04 Å². The third-order valence-corrected chi connectivity index (χ3v) is 2.93. The van der Waals surface area contributed by atoms with Gasteiger partial charge in [-0.2, -0.15) is 0 Å². The van der Waals surface area contributed by atoms with Crippen molar-refractivity contribution in [3.63, 3.8) is 0 Å². The fourth-order valence-electron chi connectivity index (χ4n) is 1.69. The number of nitro groups is 1. The van der Waals surface area contributed by atoms with Crippen LogP contribution in [0.1, 0.15) is 18.9 Å². The molecule has 1 aromatic carbocycles. The van der Waals surface area contributed by atoms with Gasteiger partial charge in [-0.1, -0.05) is 30.3 Å². The number of nitrogens with one attached hydrogen (secondary N) is 1. The van der Waals surface area contributed by atoms with E-state index in [2.05, 4.69) is 10.1 Å². The molecule has 2 atom stereocenters. The minimum atomic E-state index is -1.13. The highest BCUT2D eigenvalue weighted by atomic mass is 16.6. The summed E-state index contributed by atoms with van der Waals surface area (Å²) >= 11 is 0. The number of amides is 1. The Morgan fingerprint density at radius 3 is 2.50 bits per heavy atom. The molecular formula is C14H18N2O6. The molecule has 0 heterocycles. The normalized spacial score (nSPS) is 12.8. The van der Waals surface area contributed by atoms with E-state index in [-0.39, 0.29) is 13.0 Å². The number of benzene rings is 1. The van der Waals surface area contributed by atoms with Crippen LogP contribution in [-0.2, 0) is 20.9 Å². The van der Waals surface area contributed by atoms with Crippen molar-refractivity contribution in [3.8, 4) is 0 Å². The molecule has 1 N–H and O–H groups in total. The number of hydrogen-bond acceptors (Lipinski definition) is 6. The molecule has 0 saturated carbocycles. The van der Waals surface area contributed by atoms with E-state index in [4.69, 9.17) is 4.74 Å². The van der Waals surface area contributed by atoms with Gasteiger partial charge in [0.15, 0.2) is 0 Å². The fourth-order valence-corrected chi connectivity index (χ4v) is 1.69. The van der Waals surface area contributed by atoms with Crippen molar-refractivity contribution < 1.29 is 24.0 Å². The Bertz CT molecular complexity index is 519. The van der Waals surface area contributed by atoms with Gasteiger partial charge in [-0.3, -0.25) is 10.1 Å². The molecule has 1 amide bonds. The minimum absolute atomic E-state index is 0.0331. The molecule has 0 fully saturated rings. The van der Waals surface area contributed by atoms with Crippen LogP contribution in [0.5, 0.6) is 0 Å². The van der Waals surface area contributed by atoms with E-state index in [1.807, 2.05) is 6.07 Å². The number of carbonyl (C=O) groups is 2. The topological polar surface area (TPSA) is 108 Å². The van der Waals surface area contributed by atoms with Crippen LogP contribution in [0, 0.1) is 10.1 Å². The monoisotopic (exact) mass is 310 g/mol. The summed E-state index contributed by atoms with van der Waals surface area (Å²) in [7, 11) is 1.14. The number of alkyl carbamates (subject to hydrolysis) is 1. The Labute approximate surface area is 127 Å². The smallest absolute Gasteiger partial charge is 0.408 e. The number of nitrogens with zero attached hydrogens (tertiary/aromatic N) is 1. The molecule has 0 aliphatic rings. The summed E-state index contributed by atoms with van der Waals surface area (Å²) in [6, 6.07) is 6.85. The molecule has 0 saturated heterocycles. The zero-order chi connectivity index (χ0) is 16.5. The van der Waals surface area contributed by atoms with E-state index in [9.17, 15) is 19.7 Å². The Balaban J connectivity index is 2.55. The summed E-state index contributed by atoms with van der Waals surface area (Å²) in [6.45, 7) is 1.37. The molecule has 22 heavy (non-hydrogen) atoms. The van der Waals surface area contributed by atoms with Gasteiger partial charge in [0.05, 0.1) is 7.11 Å². The molecule has 0 radical (unpaired) electrons. The summed E-state index contributed by atoms with van der Waals surface area (Å²) in [4.78, 5) is 33.4. The lowest BCUT2D eigenvalue weighted by Crippen LogP contribution is -2.44.